The first-order valence-corrected chi connectivity index (χ1v) is 12.5. The summed E-state index contributed by atoms with van der Waals surface area (Å²) in [7, 11) is 1.63. The number of carbonyl (C=O) groups is 2. The Balaban J connectivity index is 1.67. The Bertz CT molecular complexity index is 1250. The lowest BCUT2D eigenvalue weighted by Crippen LogP contribution is -2.57. The van der Waals surface area contributed by atoms with Gasteiger partial charge >= 0.3 is 0 Å². The van der Waals surface area contributed by atoms with Crippen LogP contribution in [0, 0.1) is 5.82 Å². The molecule has 0 radical (unpaired) electrons. The Labute approximate surface area is 219 Å². The molecule has 0 spiro atoms. The van der Waals surface area contributed by atoms with Gasteiger partial charge in [0.05, 0.1) is 17.7 Å². The first-order valence-electron chi connectivity index (χ1n) is 12.1. The van der Waals surface area contributed by atoms with Crippen molar-refractivity contribution in [3.63, 3.8) is 0 Å². The van der Waals surface area contributed by atoms with Crippen LogP contribution in [-0.2, 0) is 9.53 Å². The average Bonchev–Trinajstić information content (AvgIpc) is 3.20. The molecule has 11 heteroatoms. The second-order valence-electron chi connectivity index (χ2n) is 9.48. The zero-order valence-electron chi connectivity index (χ0n) is 20.6. The summed E-state index contributed by atoms with van der Waals surface area (Å²) in [5.74, 6) is -1.22. The number of carbonyl (C=O) groups excluding carboxylic acids is 2. The highest BCUT2D eigenvalue weighted by molar-refractivity contribution is 6.35. The highest BCUT2D eigenvalue weighted by Gasteiger charge is 2.42. The number of pyridine rings is 1. The molecule has 9 nitrogen and oxygen atoms in total. The van der Waals surface area contributed by atoms with Gasteiger partial charge in [0.2, 0.25) is 5.91 Å². The zero-order chi connectivity index (χ0) is 26.4. The molecule has 196 valence electrons. The van der Waals surface area contributed by atoms with Gasteiger partial charge in [-0.2, -0.15) is 0 Å². The molecule has 2 fully saturated rings. The number of methoxy groups -OCH3 is 1. The number of aromatic nitrogens is 1. The number of benzene rings is 1. The summed E-state index contributed by atoms with van der Waals surface area (Å²) in [6, 6.07) is 3.47. The second kappa shape index (κ2) is 9.83. The summed E-state index contributed by atoms with van der Waals surface area (Å²) < 4.78 is 26.7. The SMILES string of the molecule is C=CC(=O)N1CCN2C(=O)c3c(N4C[C@@H](OC)C[C@@H]4C)nc(-c4c(O)cccc4F)c(Cl)c3OC[C@H]2C1. The number of nitrogens with zero attached hydrogens (tertiary/aromatic N) is 4. The normalized spacial score (nSPS) is 23.3. The molecule has 0 bridgehead atoms. The van der Waals surface area contributed by atoms with Crippen molar-refractivity contribution < 1.29 is 28.6 Å². The number of halogens is 2. The third-order valence-electron chi connectivity index (χ3n) is 7.31. The van der Waals surface area contributed by atoms with Crippen LogP contribution in [-0.4, -0.2) is 89.8 Å². The maximum Gasteiger partial charge on any atom is 0.261 e. The van der Waals surface area contributed by atoms with Crippen LogP contribution in [0.2, 0.25) is 5.02 Å². The quantitative estimate of drug-likeness (QED) is 0.607. The predicted molar refractivity (Wildman–Crippen MR) is 136 cm³/mol. The van der Waals surface area contributed by atoms with E-state index in [-0.39, 0.29) is 70.5 Å². The van der Waals surface area contributed by atoms with E-state index in [0.29, 0.717) is 31.9 Å². The van der Waals surface area contributed by atoms with Crippen molar-refractivity contribution in [3.8, 4) is 22.8 Å². The largest absolute Gasteiger partial charge is 0.507 e. The fourth-order valence-electron chi connectivity index (χ4n) is 5.34. The fraction of sp³-hybridized carbons (Fsp3) is 0.423. The van der Waals surface area contributed by atoms with E-state index in [1.165, 1.54) is 24.3 Å². The van der Waals surface area contributed by atoms with Gasteiger partial charge in [0.15, 0.2) is 5.75 Å². The molecule has 1 aromatic carbocycles. The topological polar surface area (TPSA) is 95.4 Å². The van der Waals surface area contributed by atoms with E-state index >= 15 is 0 Å². The first kappa shape index (κ1) is 25.3. The minimum absolute atomic E-state index is 0.0183. The van der Waals surface area contributed by atoms with Crippen molar-refractivity contribution in [2.45, 2.75) is 31.5 Å². The molecule has 4 heterocycles. The third kappa shape index (κ3) is 4.27. The van der Waals surface area contributed by atoms with E-state index in [4.69, 9.17) is 26.1 Å². The lowest BCUT2D eigenvalue weighted by atomic mass is 10.0. The van der Waals surface area contributed by atoms with Crippen molar-refractivity contribution in [2.24, 2.45) is 0 Å². The summed E-state index contributed by atoms with van der Waals surface area (Å²) in [6.07, 6.45) is 1.86. The van der Waals surface area contributed by atoms with Gasteiger partial charge in [0.25, 0.3) is 5.91 Å². The van der Waals surface area contributed by atoms with Crippen LogP contribution < -0.4 is 9.64 Å². The molecule has 0 unspecified atom stereocenters. The molecule has 1 N–H and O–H groups in total. The second-order valence-corrected chi connectivity index (χ2v) is 9.86. The monoisotopic (exact) mass is 530 g/mol. The van der Waals surface area contributed by atoms with Crippen LogP contribution in [0.15, 0.2) is 30.9 Å². The number of fused-ring (bicyclic) bond motifs is 2. The van der Waals surface area contributed by atoms with E-state index in [1.54, 1.807) is 16.9 Å². The smallest absolute Gasteiger partial charge is 0.261 e. The number of rotatable bonds is 4. The van der Waals surface area contributed by atoms with Gasteiger partial charge in [-0.15, -0.1) is 0 Å². The summed E-state index contributed by atoms with van der Waals surface area (Å²) in [4.78, 5) is 36.2. The number of anilines is 1. The Hall–Kier alpha value is -3.37. The highest BCUT2D eigenvalue weighted by Crippen LogP contribution is 2.46. The summed E-state index contributed by atoms with van der Waals surface area (Å²) in [5, 5.41) is 10.4. The van der Waals surface area contributed by atoms with Crippen molar-refractivity contribution in [1.29, 1.82) is 0 Å². The number of aromatic hydroxyl groups is 1. The standard InChI is InChI=1S/C26H28ClFN4O5/c1-4-19(34)30-8-9-31-15(11-30)13-37-24-21(26(31)35)25(32-12-16(36-3)10-14(32)2)29-23(22(24)27)20-17(28)6-5-7-18(20)33/h4-7,14-16,33H,1,8-13H2,2-3H3/t14-,15+,16-/m0/s1. The molecule has 2 amide bonds. The Morgan fingerprint density at radius 3 is 2.76 bits per heavy atom. The third-order valence-corrected chi connectivity index (χ3v) is 7.66. The summed E-state index contributed by atoms with van der Waals surface area (Å²) in [6.45, 7) is 7.00. The average molecular weight is 531 g/mol. The van der Waals surface area contributed by atoms with E-state index in [9.17, 15) is 19.1 Å². The molecule has 3 aliphatic rings. The van der Waals surface area contributed by atoms with Gasteiger partial charge < -0.3 is 29.3 Å². The minimum atomic E-state index is -0.708. The lowest BCUT2D eigenvalue weighted by molar-refractivity contribution is -0.128. The van der Waals surface area contributed by atoms with Gasteiger partial charge in [-0.25, -0.2) is 9.37 Å². The highest BCUT2D eigenvalue weighted by atomic mass is 35.5. The van der Waals surface area contributed by atoms with Crippen LogP contribution in [0.25, 0.3) is 11.3 Å². The van der Waals surface area contributed by atoms with Crippen molar-refractivity contribution in [3.05, 3.63) is 47.3 Å². The molecule has 37 heavy (non-hydrogen) atoms. The number of ether oxygens (including phenoxy) is 2. The van der Waals surface area contributed by atoms with Crippen LogP contribution >= 0.6 is 11.6 Å². The number of phenols is 1. The summed E-state index contributed by atoms with van der Waals surface area (Å²) in [5.41, 5.74) is -0.0122. The molecular formula is C26H28ClFN4O5. The van der Waals surface area contributed by atoms with Crippen molar-refractivity contribution in [1.82, 2.24) is 14.8 Å². The van der Waals surface area contributed by atoms with Crippen LogP contribution in [0.3, 0.4) is 0 Å². The van der Waals surface area contributed by atoms with Crippen LogP contribution in [0.5, 0.6) is 11.5 Å². The van der Waals surface area contributed by atoms with Gasteiger partial charge in [-0.3, -0.25) is 9.59 Å². The molecule has 5 rings (SSSR count). The molecule has 1 aromatic heterocycles. The predicted octanol–water partition coefficient (Wildman–Crippen LogP) is 3.09. The minimum Gasteiger partial charge on any atom is -0.507 e. The number of hydrogen-bond acceptors (Lipinski definition) is 7. The molecule has 3 atom stereocenters. The lowest BCUT2D eigenvalue weighted by Gasteiger charge is -2.39. The molecule has 0 aliphatic carbocycles. The number of amides is 2. The Morgan fingerprint density at radius 1 is 1.30 bits per heavy atom. The van der Waals surface area contributed by atoms with E-state index < -0.39 is 11.9 Å². The van der Waals surface area contributed by atoms with E-state index in [1.807, 2.05) is 11.8 Å². The molecular weight excluding hydrogens is 503 g/mol. The van der Waals surface area contributed by atoms with Gasteiger partial charge in [-0.05, 0) is 31.6 Å². The first-order chi connectivity index (χ1) is 17.7. The molecule has 2 saturated heterocycles. The van der Waals surface area contributed by atoms with Gasteiger partial charge in [-0.1, -0.05) is 24.2 Å². The van der Waals surface area contributed by atoms with Crippen molar-refractivity contribution >= 4 is 29.2 Å². The number of phenolic OH excluding ortho intramolecular Hbond substituents is 1. The summed E-state index contributed by atoms with van der Waals surface area (Å²) >= 11 is 6.76. The fourth-order valence-corrected chi connectivity index (χ4v) is 5.63. The molecule has 2 aromatic rings. The van der Waals surface area contributed by atoms with Crippen LogP contribution in [0.4, 0.5) is 10.2 Å². The zero-order valence-corrected chi connectivity index (χ0v) is 21.4. The maximum atomic E-state index is 14.9. The number of piperazine rings is 1. The van der Waals surface area contributed by atoms with Gasteiger partial charge in [0, 0.05) is 39.3 Å². The van der Waals surface area contributed by atoms with Crippen LogP contribution in [0.1, 0.15) is 23.7 Å². The van der Waals surface area contributed by atoms with Crippen molar-refractivity contribution in [2.75, 3.05) is 44.8 Å². The molecule has 0 saturated carbocycles. The number of hydrogen-bond donors (Lipinski definition) is 1. The van der Waals surface area contributed by atoms with Gasteiger partial charge in [0.1, 0.15) is 40.3 Å². The Kier molecular flexibility index (Phi) is 6.72. The maximum absolute atomic E-state index is 14.9. The Morgan fingerprint density at radius 2 is 2.08 bits per heavy atom. The molecule has 3 aliphatic heterocycles. The van der Waals surface area contributed by atoms with E-state index in [2.05, 4.69) is 6.58 Å². The van der Waals surface area contributed by atoms with E-state index in [0.717, 1.165) is 0 Å².